The molecule has 1 saturated carbocycles. The van der Waals surface area contributed by atoms with Crippen molar-refractivity contribution in [2.45, 2.75) is 31.3 Å². The van der Waals surface area contributed by atoms with Gasteiger partial charge in [0.25, 0.3) is 0 Å². The molecule has 0 radical (unpaired) electrons. The molecule has 0 spiro atoms. The third-order valence-corrected chi connectivity index (χ3v) is 4.22. The average Bonchev–Trinajstić information content (AvgIpc) is 2.94. The molecular weight excluding hydrogens is 302 g/mol. The molecule has 1 fully saturated rings. The minimum absolute atomic E-state index is 0.0917. The Hall–Kier alpha value is -2.08. The molecule has 116 valence electrons. The van der Waals surface area contributed by atoms with Crippen LogP contribution in [0.3, 0.4) is 0 Å². The summed E-state index contributed by atoms with van der Waals surface area (Å²) in [6, 6.07) is 8.06. The Morgan fingerprint density at radius 3 is 3.00 bits per heavy atom. The van der Waals surface area contributed by atoms with Crippen LogP contribution in [0.1, 0.15) is 30.1 Å². The van der Waals surface area contributed by atoms with Crippen LogP contribution in [0.4, 0.5) is 4.79 Å². The summed E-state index contributed by atoms with van der Waals surface area (Å²) in [4.78, 5) is 17.7. The van der Waals surface area contributed by atoms with Gasteiger partial charge in [0, 0.05) is 18.1 Å². The molecule has 1 aromatic carbocycles. The van der Waals surface area contributed by atoms with Crippen LogP contribution in [0.15, 0.2) is 30.6 Å². The fourth-order valence-corrected chi connectivity index (χ4v) is 2.86. The number of hydrogen-bond acceptors (Lipinski definition) is 3. The molecule has 1 aliphatic rings. The van der Waals surface area contributed by atoms with E-state index in [2.05, 4.69) is 26.6 Å². The average molecular weight is 320 g/mol. The summed E-state index contributed by atoms with van der Waals surface area (Å²) in [5.41, 5.74) is 1.24. The summed E-state index contributed by atoms with van der Waals surface area (Å²) in [6.45, 7) is 0.413. The lowest BCUT2D eigenvalue weighted by atomic mass is 9.76. The SMILES string of the molecule is CN(Cc1ncn[nH]1)C(=O)NC1CC(c2cccc(Cl)c2)C1. The fraction of sp³-hybridized carbons (Fsp3) is 0.400. The van der Waals surface area contributed by atoms with E-state index in [4.69, 9.17) is 11.6 Å². The highest BCUT2D eigenvalue weighted by molar-refractivity contribution is 6.30. The van der Waals surface area contributed by atoms with Gasteiger partial charge < -0.3 is 10.2 Å². The van der Waals surface area contributed by atoms with Gasteiger partial charge in [-0.25, -0.2) is 9.78 Å². The largest absolute Gasteiger partial charge is 0.335 e. The van der Waals surface area contributed by atoms with Crippen LogP contribution < -0.4 is 5.32 Å². The van der Waals surface area contributed by atoms with Crippen molar-refractivity contribution >= 4 is 17.6 Å². The lowest BCUT2D eigenvalue weighted by molar-refractivity contribution is 0.189. The zero-order chi connectivity index (χ0) is 15.5. The highest BCUT2D eigenvalue weighted by Crippen LogP contribution is 2.37. The lowest BCUT2D eigenvalue weighted by Crippen LogP contribution is -2.48. The first-order valence-electron chi connectivity index (χ1n) is 7.23. The molecule has 0 bridgehead atoms. The Morgan fingerprint density at radius 1 is 1.50 bits per heavy atom. The van der Waals surface area contributed by atoms with E-state index in [-0.39, 0.29) is 12.1 Å². The first-order chi connectivity index (χ1) is 10.6. The maximum atomic E-state index is 12.1. The number of halogens is 1. The second kappa shape index (κ2) is 6.36. The molecule has 1 aromatic heterocycles. The molecule has 0 saturated heterocycles. The lowest BCUT2D eigenvalue weighted by Gasteiger charge is -2.37. The molecule has 0 aliphatic heterocycles. The van der Waals surface area contributed by atoms with Crippen molar-refractivity contribution in [3.05, 3.63) is 47.0 Å². The van der Waals surface area contributed by atoms with Gasteiger partial charge in [-0.1, -0.05) is 23.7 Å². The van der Waals surface area contributed by atoms with E-state index in [1.807, 2.05) is 18.2 Å². The highest BCUT2D eigenvalue weighted by atomic mass is 35.5. The van der Waals surface area contributed by atoms with Crippen molar-refractivity contribution < 1.29 is 4.79 Å². The summed E-state index contributed by atoms with van der Waals surface area (Å²) in [5.74, 6) is 1.15. The monoisotopic (exact) mass is 319 g/mol. The minimum Gasteiger partial charge on any atom is -0.335 e. The Kier molecular flexibility index (Phi) is 4.29. The zero-order valence-corrected chi connectivity index (χ0v) is 13.0. The number of hydrogen-bond donors (Lipinski definition) is 2. The van der Waals surface area contributed by atoms with Crippen molar-refractivity contribution in [2.75, 3.05) is 7.05 Å². The molecule has 2 N–H and O–H groups in total. The van der Waals surface area contributed by atoms with Gasteiger partial charge in [0.15, 0.2) is 0 Å². The van der Waals surface area contributed by atoms with Gasteiger partial charge in [-0.15, -0.1) is 0 Å². The van der Waals surface area contributed by atoms with Gasteiger partial charge in [0.05, 0.1) is 6.54 Å². The number of aromatic nitrogens is 3. The van der Waals surface area contributed by atoms with Crippen LogP contribution >= 0.6 is 11.6 Å². The van der Waals surface area contributed by atoms with Crippen LogP contribution in [0.25, 0.3) is 0 Å². The molecule has 1 aliphatic carbocycles. The Labute approximate surface area is 133 Å². The summed E-state index contributed by atoms with van der Waals surface area (Å²) in [5, 5.41) is 10.3. The van der Waals surface area contributed by atoms with Crippen LogP contribution in [0.5, 0.6) is 0 Å². The molecule has 0 unspecified atom stereocenters. The van der Waals surface area contributed by atoms with E-state index in [1.165, 1.54) is 11.9 Å². The number of carbonyl (C=O) groups excluding carboxylic acids is 1. The predicted molar refractivity (Wildman–Crippen MR) is 83.6 cm³/mol. The first kappa shape index (κ1) is 14.8. The van der Waals surface area contributed by atoms with Crippen molar-refractivity contribution in [1.29, 1.82) is 0 Å². The first-order valence-corrected chi connectivity index (χ1v) is 7.61. The molecule has 0 atom stereocenters. The van der Waals surface area contributed by atoms with Gasteiger partial charge in [-0.2, -0.15) is 5.10 Å². The van der Waals surface area contributed by atoms with Gasteiger partial charge in [-0.3, -0.25) is 5.10 Å². The molecule has 3 rings (SSSR count). The van der Waals surface area contributed by atoms with E-state index in [9.17, 15) is 4.79 Å². The Bertz CT molecular complexity index is 639. The molecule has 2 aromatic rings. The van der Waals surface area contributed by atoms with E-state index >= 15 is 0 Å². The maximum absolute atomic E-state index is 12.1. The smallest absolute Gasteiger partial charge is 0.317 e. The molecular formula is C15H18ClN5O. The number of aromatic amines is 1. The van der Waals surface area contributed by atoms with Crippen molar-refractivity contribution in [1.82, 2.24) is 25.4 Å². The third kappa shape index (κ3) is 3.39. The fourth-order valence-electron chi connectivity index (χ4n) is 2.66. The number of amides is 2. The third-order valence-electron chi connectivity index (χ3n) is 3.98. The van der Waals surface area contributed by atoms with Crippen LogP contribution in [-0.2, 0) is 6.54 Å². The number of nitrogens with one attached hydrogen (secondary N) is 2. The van der Waals surface area contributed by atoms with Gasteiger partial charge in [0.1, 0.15) is 12.2 Å². The molecule has 7 heteroatoms. The Balaban J connectivity index is 1.46. The summed E-state index contributed by atoms with van der Waals surface area (Å²) < 4.78 is 0. The number of benzene rings is 1. The number of nitrogens with zero attached hydrogens (tertiary/aromatic N) is 3. The summed E-state index contributed by atoms with van der Waals surface area (Å²) >= 11 is 6.01. The standard InChI is InChI=1S/C15H18ClN5O/c1-21(8-14-17-9-18-20-14)15(22)19-13-6-11(7-13)10-3-2-4-12(16)5-10/h2-5,9,11,13H,6-8H2,1H3,(H,19,22)(H,17,18,20). The second-order valence-corrected chi connectivity index (χ2v) is 6.09. The topological polar surface area (TPSA) is 73.9 Å². The summed E-state index contributed by atoms with van der Waals surface area (Å²) in [7, 11) is 1.74. The number of urea groups is 1. The van der Waals surface area contributed by atoms with Gasteiger partial charge in [0.2, 0.25) is 0 Å². The number of carbonyl (C=O) groups is 1. The Morgan fingerprint density at radius 2 is 2.32 bits per heavy atom. The predicted octanol–water partition coefficient (Wildman–Crippen LogP) is 2.55. The zero-order valence-electron chi connectivity index (χ0n) is 12.3. The van der Waals surface area contributed by atoms with Crippen LogP contribution in [0, 0.1) is 0 Å². The molecule has 6 nitrogen and oxygen atoms in total. The number of rotatable bonds is 4. The van der Waals surface area contributed by atoms with Gasteiger partial charge >= 0.3 is 6.03 Å². The van der Waals surface area contributed by atoms with E-state index in [0.29, 0.717) is 18.3 Å². The van der Waals surface area contributed by atoms with E-state index < -0.39 is 0 Å². The van der Waals surface area contributed by atoms with Crippen molar-refractivity contribution in [2.24, 2.45) is 0 Å². The second-order valence-electron chi connectivity index (χ2n) is 5.66. The molecule has 22 heavy (non-hydrogen) atoms. The maximum Gasteiger partial charge on any atom is 0.317 e. The summed E-state index contributed by atoms with van der Waals surface area (Å²) in [6.07, 6.45) is 3.33. The van der Waals surface area contributed by atoms with Crippen LogP contribution in [-0.4, -0.2) is 39.2 Å². The minimum atomic E-state index is -0.0917. The molecule has 1 heterocycles. The van der Waals surface area contributed by atoms with Crippen molar-refractivity contribution in [3.63, 3.8) is 0 Å². The van der Waals surface area contributed by atoms with E-state index in [1.54, 1.807) is 11.9 Å². The van der Waals surface area contributed by atoms with Crippen LogP contribution in [0.2, 0.25) is 5.02 Å². The van der Waals surface area contributed by atoms with E-state index in [0.717, 1.165) is 17.9 Å². The van der Waals surface area contributed by atoms with Crippen molar-refractivity contribution in [3.8, 4) is 0 Å². The van der Waals surface area contributed by atoms with Gasteiger partial charge in [-0.05, 0) is 36.5 Å². The number of H-pyrrole nitrogens is 1. The molecule has 2 amide bonds. The normalized spacial score (nSPS) is 20.3. The highest BCUT2D eigenvalue weighted by Gasteiger charge is 2.32. The quantitative estimate of drug-likeness (QED) is 0.909.